The predicted octanol–water partition coefficient (Wildman–Crippen LogP) is 34.9. The topological polar surface area (TPSA) is 18.5 Å². The normalized spacial score (nSPS) is 12.0. The number of hydrogen-bond donors (Lipinski definition) is 0. The Hall–Kier alpha value is -8.75. The van der Waals surface area contributed by atoms with Gasteiger partial charge in [-0.3, -0.25) is 0 Å². The van der Waals surface area contributed by atoms with Crippen LogP contribution in [0.4, 0.5) is 52.7 Å². The minimum Gasteiger partial charge on any atom is -0.497 e. The summed E-state index contributed by atoms with van der Waals surface area (Å²) in [5, 5.41) is 0.804. The number of hydrogen-bond acceptors (Lipinski definition) is 2. The standard InChI is InChI=1S/C12H16F2.C11H13F3.C11H14F2O.C11H14F2.C11H16O.C11H16.C10H13Cl.3C10H13F/c1-11(2,3)9-6-5-7-10(8-9)12(4,13)14;1-10(2,3)8-5-4-6-9(7-8)11(12,13)14;1-11(2,3)8-5-4-6-9(7-8)14-10(12)13;1-11(2,3)9-6-4-5-8(7-9)10(12)13;1-11(2,3)9-6-5-7-10(8-9)12-4;1-9-6-5-7-10(8-9)11(2,3)4;2*1-10(2,3)8-4-6-9(11)7-5-8;1-10(2,3)8-5-4-6-9(11)7-8;1-10(2,3)8-6-4-5-7-9(8)11/h5-8H,1-4H3;4-7H,1-3H3;4-7,10H,1-3H3;4-7,10H,1-3H3;5-8H,1-4H3;5-8H,1-4H3;4*4-7H,1-3H3. The summed E-state index contributed by atoms with van der Waals surface area (Å²) in [6.07, 6.45) is -6.62. The van der Waals surface area contributed by atoms with E-state index in [1.807, 2.05) is 177 Å². The van der Waals surface area contributed by atoms with E-state index in [9.17, 15) is 52.7 Å². The van der Waals surface area contributed by atoms with Crippen LogP contribution in [0, 0.1) is 24.4 Å². The molecule has 0 fully saturated rings. The van der Waals surface area contributed by atoms with Crippen LogP contribution in [0.15, 0.2) is 243 Å². The van der Waals surface area contributed by atoms with E-state index in [2.05, 4.69) is 164 Å². The summed E-state index contributed by atoms with van der Waals surface area (Å²) in [5.41, 5.74) is 11.9. The fraction of sp³-hybridized carbons (Fsp3) is 0.439. The van der Waals surface area contributed by atoms with E-state index in [0.717, 1.165) is 51.6 Å². The van der Waals surface area contributed by atoms with Crippen molar-refractivity contribution < 1.29 is 62.2 Å². The Kier molecular flexibility index (Phi) is 43.2. The molecule has 0 saturated heterocycles. The van der Waals surface area contributed by atoms with E-state index < -0.39 is 30.7 Å². The van der Waals surface area contributed by atoms with Gasteiger partial charge in [0.15, 0.2) is 0 Å². The Labute approximate surface area is 732 Å². The van der Waals surface area contributed by atoms with Gasteiger partial charge in [-0.15, -0.1) is 0 Å². The average Bonchev–Trinajstić information content (AvgIpc) is 0.796. The molecular weight excluding hydrogens is 1580 g/mol. The minimum absolute atomic E-state index is 0.0437. The highest BCUT2D eigenvalue weighted by molar-refractivity contribution is 6.30. The largest absolute Gasteiger partial charge is 0.497 e. The molecule has 672 valence electrons. The van der Waals surface area contributed by atoms with Gasteiger partial charge in [0.2, 0.25) is 0 Å². The molecule has 10 rings (SSSR count). The Morgan fingerprint density at radius 3 is 0.910 bits per heavy atom. The molecular formula is C107H141ClF12O2. The maximum atomic E-state index is 13.1. The van der Waals surface area contributed by atoms with Crippen molar-refractivity contribution in [2.24, 2.45) is 0 Å². The van der Waals surface area contributed by atoms with Crippen molar-refractivity contribution in [1.29, 1.82) is 0 Å². The highest BCUT2D eigenvalue weighted by atomic mass is 35.5. The molecule has 2 nitrogen and oxygen atoms in total. The zero-order valence-corrected chi connectivity index (χ0v) is 79.7. The minimum atomic E-state index is -4.25. The van der Waals surface area contributed by atoms with Gasteiger partial charge < -0.3 is 9.47 Å². The number of alkyl halides is 9. The molecule has 15 heteroatoms. The lowest BCUT2D eigenvalue weighted by Gasteiger charge is -2.21. The quantitative estimate of drug-likeness (QED) is 0.160. The Morgan fingerprint density at radius 2 is 0.582 bits per heavy atom. The fourth-order valence-electron chi connectivity index (χ4n) is 10.8. The van der Waals surface area contributed by atoms with Crippen LogP contribution in [0.3, 0.4) is 0 Å². The van der Waals surface area contributed by atoms with Crippen LogP contribution in [-0.2, 0) is 66.2 Å². The van der Waals surface area contributed by atoms with Crippen molar-refractivity contribution >= 4 is 11.6 Å². The molecule has 122 heavy (non-hydrogen) atoms. The first-order chi connectivity index (χ1) is 55.3. The van der Waals surface area contributed by atoms with Gasteiger partial charge in [-0.05, 0) is 202 Å². The van der Waals surface area contributed by atoms with E-state index in [1.165, 1.54) is 82.4 Å². The Bertz CT molecular complexity index is 4420. The number of ether oxygens (including phenoxy) is 2. The van der Waals surface area contributed by atoms with Gasteiger partial charge in [-0.2, -0.15) is 22.0 Å². The molecule has 0 spiro atoms. The molecule has 0 radical (unpaired) electrons. The summed E-state index contributed by atoms with van der Waals surface area (Å²) < 4.78 is 159. The van der Waals surface area contributed by atoms with Crippen LogP contribution in [0.2, 0.25) is 5.02 Å². The smallest absolute Gasteiger partial charge is 0.416 e. The van der Waals surface area contributed by atoms with Gasteiger partial charge in [-0.1, -0.05) is 383 Å². The summed E-state index contributed by atoms with van der Waals surface area (Å²) in [6.45, 7) is 62.6. The van der Waals surface area contributed by atoms with Crippen LogP contribution in [0.1, 0.15) is 299 Å². The van der Waals surface area contributed by atoms with Gasteiger partial charge in [0.1, 0.15) is 29.0 Å². The molecule has 10 aromatic carbocycles. The highest BCUT2D eigenvalue weighted by Crippen LogP contribution is 2.36. The molecule has 0 unspecified atom stereocenters. The molecule has 0 aromatic heterocycles. The first-order valence-electron chi connectivity index (χ1n) is 41.1. The molecule has 0 aliphatic rings. The lowest BCUT2D eigenvalue weighted by atomic mass is 9.86. The molecule has 0 N–H and O–H groups in total. The molecule has 0 bridgehead atoms. The van der Waals surface area contributed by atoms with Crippen molar-refractivity contribution in [3.63, 3.8) is 0 Å². The lowest BCUT2D eigenvalue weighted by molar-refractivity contribution is -0.137. The first kappa shape index (κ1) is 111. The summed E-state index contributed by atoms with van der Waals surface area (Å²) in [7, 11) is 1.70. The van der Waals surface area contributed by atoms with E-state index in [0.29, 0.717) is 5.56 Å². The molecule has 0 aliphatic heterocycles. The third-order valence-electron chi connectivity index (χ3n) is 18.8. The van der Waals surface area contributed by atoms with Crippen LogP contribution in [0.5, 0.6) is 11.5 Å². The number of halogens is 13. The van der Waals surface area contributed by atoms with Crippen molar-refractivity contribution in [2.75, 3.05) is 7.11 Å². The van der Waals surface area contributed by atoms with Crippen LogP contribution in [0.25, 0.3) is 0 Å². The van der Waals surface area contributed by atoms with Gasteiger partial charge in [0.05, 0.1) is 12.7 Å². The fourth-order valence-corrected chi connectivity index (χ4v) is 11.0. The number of aryl methyl sites for hydroxylation is 1. The van der Waals surface area contributed by atoms with E-state index in [4.69, 9.17) is 16.3 Å². The zero-order valence-electron chi connectivity index (χ0n) is 79.0. The highest BCUT2D eigenvalue weighted by Gasteiger charge is 2.32. The van der Waals surface area contributed by atoms with Crippen LogP contribution in [-0.4, -0.2) is 13.7 Å². The molecule has 0 amide bonds. The van der Waals surface area contributed by atoms with Gasteiger partial charge >= 0.3 is 12.8 Å². The molecule has 0 atom stereocenters. The zero-order chi connectivity index (χ0) is 94.4. The van der Waals surface area contributed by atoms with Crippen molar-refractivity contribution in [3.05, 3.63) is 343 Å². The number of rotatable bonds is 5. The van der Waals surface area contributed by atoms with Crippen molar-refractivity contribution in [3.8, 4) is 11.5 Å². The second-order valence-corrected chi connectivity index (χ2v) is 40.9. The van der Waals surface area contributed by atoms with E-state index in [-0.39, 0.29) is 88.5 Å². The Balaban J connectivity index is 0.000000679. The third kappa shape index (κ3) is 44.5. The summed E-state index contributed by atoms with van der Waals surface area (Å²) in [4.78, 5) is 0. The second-order valence-electron chi connectivity index (χ2n) is 40.5. The first-order valence-corrected chi connectivity index (χ1v) is 41.5. The predicted molar refractivity (Wildman–Crippen MR) is 494 cm³/mol. The van der Waals surface area contributed by atoms with Crippen LogP contribution < -0.4 is 9.47 Å². The summed E-state index contributed by atoms with van der Waals surface area (Å²) >= 11 is 5.76. The molecule has 0 aliphatic carbocycles. The van der Waals surface area contributed by atoms with E-state index >= 15 is 0 Å². The van der Waals surface area contributed by atoms with E-state index in [1.54, 1.807) is 67.8 Å². The van der Waals surface area contributed by atoms with Crippen LogP contribution >= 0.6 is 11.6 Å². The van der Waals surface area contributed by atoms with Gasteiger partial charge in [-0.25, -0.2) is 30.7 Å². The Morgan fingerprint density at radius 1 is 0.270 bits per heavy atom. The molecule has 0 saturated carbocycles. The summed E-state index contributed by atoms with van der Waals surface area (Å²) in [6, 6.07) is 70.7. The third-order valence-corrected chi connectivity index (χ3v) is 19.1. The summed E-state index contributed by atoms with van der Waals surface area (Å²) in [5.74, 6) is -2.04. The van der Waals surface area contributed by atoms with Crippen molar-refractivity contribution in [2.45, 2.75) is 301 Å². The molecule has 10 aromatic rings. The SMILES string of the molecule is CC(C)(C)c1ccc(Cl)cc1.CC(C)(C)c1ccc(F)cc1.CC(C)(C)c1cccc(C(C)(F)F)c1.CC(C)(C)c1cccc(C(F)(F)F)c1.CC(C)(C)c1cccc(C(F)F)c1.CC(C)(C)c1cccc(F)c1.CC(C)(C)c1cccc(OC(F)F)c1.CC(C)(C)c1ccccc1F.COc1cccc(C(C)(C)C)c1.Cc1cccc(C(C)(C)C)c1. The average molecular weight is 1720 g/mol. The number of benzene rings is 10. The number of methoxy groups -OCH3 is 1. The van der Waals surface area contributed by atoms with Crippen molar-refractivity contribution in [1.82, 2.24) is 0 Å². The monoisotopic (exact) mass is 1720 g/mol. The lowest BCUT2D eigenvalue weighted by Crippen LogP contribution is -2.14. The van der Waals surface area contributed by atoms with Gasteiger partial charge in [0.25, 0.3) is 12.3 Å². The van der Waals surface area contributed by atoms with Gasteiger partial charge in [0, 0.05) is 23.1 Å². The maximum Gasteiger partial charge on any atom is 0.416 e. The molecule has 0 heterocycles. The second kappa shape index (κ2) is 47.4. The maximum absolute atomic E-state index is 13.1.